The summed E-state index contributed by atoms with van der Waals surface area (Å²) >= 11 is 1.76. The van der Waals surface area contributed by atoms with Crippen molar-refractivity contribution in [3.8, 4) is 12.5 Å². The highest BCUT2D eigenvalue weighted by Crippen LogP contribution is 2.47. The fourth-order valence-electron chi connectivity index (χ4n) is 1.84. The van der Waals surface area contributed by atoms with E-state index < -0.39 is 0 Å². The molecule has 0 amide bonds. The van der Waals surface area contributed by atoms with Crippen LogP contribution in [0.25, 0.3) is 0 Å². The van der Waals surface area contributed by atoms with E-state index in [1.807, 2.05) is 29.2 Å². The van der Waals surface area contributed by atoms with Crippen molar-refractivity contribution < 1.29 is 0 Å². The number of hydrogen-bond donors (Lipinski definition) is 0. The summed E-state index contributed by atoms with van der Waals surface area (Å²) in [6.45, 7) is 0. The average molecular weight is 223 g/mol. The van der Waals surface area contributed by atoms with Crippen molar-refractivity contribution in [2.75, 3.05) is 4.90 Å². The molecule has 1 aliphatic heterocycles. The summed E-state index contributed by atoms with van der Waals surface area (Å²) in [6.07, 6.45) is 5.60. The van der Waals surface area contributed by atoms with Crippen LogP contribution >= 0.6 is 11.8 Å². The fraction of sp³-hybridized carbons (Fsp3) is 0. The number of terminal acetylenes is 1. The minimum absolute atomic E-state index is 1.09. The lowest BCUT2D eigenvalue weighted by atomic mass is 10.2. The number of benzene rings is 2. The van der Waals surface area contributed by atoms with Crippen LogP contribution in [-0.2, 0) is 0 Å². The monoisotopic (exact) mass is 223 g/mol. The standard InChI is InChI=1S/C14H9NS/c1-2-15-11-7-3-5-9-13(11)16-14-10-6-4-8-12(14)15/h1,3-10H. The first-order valence-corrected chi connectivity index (χ1v) is 5.84. The lowest BCUT2D eigenvalue weighted by Gasteiger charge is -2.27. The molecule has 16 heavy (non-hydrogen) atoms. The summed E-state index contributed by atoms with van der Waals surface area (Å²) in [5, 5.41) is 0. The Morgan fingerprint density at radius 1 is 0.875 bits per heavy atom. The van der Waals surface area contributed by atoms with Crippen LogP contribution in [-0.4, -0.2) is 0 Å². The molecule has 0 spiro atoms. The van der Waals surface area contributed by atoms with Crippen molar-refractivity contribution in [1.82, 2.24) is 0 Å². The van der Waals surface area contributed by atoms with E-state index in [-0.39, 0.29) is 0 Å². The van der Waals surface area contributed by atoms with E-state index in [0.29, 0.717) is 0 Å². The zero-order valence-corrected chi connectivity index (χ0v) is 9.37. The summed E-state index contributed by atoms with van der Waals surface area (Å²) < 4.78 is 0. The van der Waals surface area contributed by atoms with Crippen LogP contribution in [0.1, 0.15) is 0 Å². The molecule has 76 valence electrons. The lowest BCUT2D eigenvalue weighted by molar-refractivity contribution is 1.19. The molecular weight excluding hydrogens is 214 g/mol. The summed E-state index contributed by atoms with van der Waals surface area (Å²) in [5.41, 5.74) is 2.18. The molecular formula is C14H9NS. The molecule has 0 bridgehead atoms. The molecule has 2 aromatic carbocycles. The van der Waals surface area contributed by atoms with E-state index in [1.165, 1.54) is 9.79 Å². The van der Waals surface area contributed by atoms with Gasteiger partial charge in [0.1, 0.15) is 0 Å². The van der Waals surface area contributed by atoms with Gasteiger partial charge in [0.05, 0.1) is 11.4 Å². The molecule has 0 N–H and O–H groups in total. The van der Waals surface area contributed by atoms with E-state index in [9.17, 15) is 0 Å². The molecule has 0 saturated heterocycles. The predicted molar refractivity (Wildman–Crippen MR) is 68.0 cm³/mol. The molecule has 0 unspecified atom stereocenters. The van der Waals surface area contributed by atoms with Crippen molar-refractivity contribution in [3.05, 3.63) is 48.5 Å². The number of hydrogen-bond acceptors (Lipinski definition) is 2. The third-order valence-corrected chi connectivity index (χ3v) is 3.69. The first-order chi connectivity index (χ1) is 7.90. The third kappa shape index (κ3) is 1.30. The molecule has 2 aromatic rings. The van der Waals surface area contributed by atoms with Crippen LogP contribution in [0.5, 0.6) is 0 Å². The number of nitrogens with zero attached hydrogens (tertiary/aromatic N) is 1. The number of rotatable bonds is 0. The van der Waals surface area contributed by atoms with Crippen molar-refractivity contribution in [2.45, 2.75) is 9.79 Å². The highest BCUT2D eigenvalue weighted by molar-refractivity contribution is 7.99. The van der Waals surface area contributed by atoms with Crippen LogP contribution in [0.3, 0.4) is 0 Å². The Morgan fingerprint density at radius 2 is 1.38 bits per heavy atom. The van der Waals surface area contributed by atoms with Crippen molar-refractivity contribution in [1.29, 1.82) is 0 Å². The summed E-state index contributed by atoms with van der Waals surface area (Å²) in [5.74, 6) is 0. The van der Waals surface area contributed by atoms with E-state index in [1.54, 1.807) is 11.8 Å². The Balaban J connectivity index is 2.24. The molecule has 1 aliphatic rings. The Morgan fingerprint density at radius 3 is 1.88 bits per heavy atom. The molecule has 1 nitrogen and oxygen atoms in total. The molecule has 0 fully saturated rings. The van der Waals surface area contributed by atoms with Gasteiger partial charge in [0, 0.05) is 15.8 Å². The van der Waals surface area contributed by atoms with Gasteiger partial charge in [-0.15, -0.1) is 0 Å². The SMILES string of the molecule is C#CN1c2ccccc2Sc2ccccc21. The average Bonchev–Trinajstić information content (AvgIpc) is 2.36. The highest BCUT2D eigenvalue weighted by Gasteiger charge is 2.20. The molecule has 0 saturated carbocycles. The zero-order valence-electron chi connectivity index (χ0n) is 8.55. The van der Waals surface area contributed by atoms with Crippen LogP contribution in [0.4, 0.5) is 11.4 Å². The maximum Gasteiger partial charge on any atom is 0.0685 e. The van der Waals surface area contributed by atoms with Crippen LogP contribution < -0.4 is 4.90 Å². The summed E-state index contributed by atoms with van der Waals surface area (Å²) in [4.78, 5) is 4.32. The molecule has 0 radical (unpaired) electrons. The van der Waals surface area contributed by atoms with Crippen molar-refractivity contribution in [2.24, 2.45) is 0 Å². The molecule has 3 rings (SSSR count). The predicted octanol–water partition coefficient (Wildman–Crippen LogP) is 3.88. The van der Waals surface area contributed by atoms with E-state index >= 15 is 0 Å². The zero-order chi connectivity index (χ0) is 11.0. The molecule has 0 aromatic heterocycles. The van der Waals surface area contributed by atoms with Crippen LogP contribution in [0.2, 0.25) is 0 Å². The largest absolute Gasteiger partial charge is 0.268 e. The summed E-state index contributed by atoms with van der Waals surface area (Å²) in [7, 11) is 0. The van der Waals surface area contributed by atoms with Gasteiger partial charge in [0.15, 0.2) is 0 Å². The lowest BCUT2D eigenvalue weighted by Crippen LogP contribution is -2.13. The Kier molecular flexibility index (Phi) is 2.12. The third-order valence-electron chi connectivity index (χ3n) is 2.56. The number of fused-ring (bicyclic) bond motifs is 2. The first-order valence-electron chi connectivity index (χ1n) is 5.02. The van der Waals surface area contributed by atoms with Gasteiger partial charge in [-0.25, -0.2) is 0 Å². The maximum absolute atomic E-state index is 5.60. The Hall–Kier alpha value is -1.85. The Bertz CT molecular complexity index is 538. The molecule has 1 heterocycles. The Labute approximate surface area is 99.1 Å². The smallest absolute Gasteiger partial charge is 0.0685 e. The van der Waals surface area contributed by atoms with E-state index in [4.69, 9.17) is 6.42 Å². The van der Waals surface area contributed by atoms with Gasteiger partial charge in [-0.2, -0.15) is 0 Å². The van der Waals surface area contributed by atoms with Gasteiger partial charge in [-0.3, -0.25) is 4.90 Å². The highest BCUT2D eigenvalue weighted by atomic mass is 32.2. The van der Waals surface area contributed by atoms with Gasteiger partial charge in [-0.1, -0.05) is 42.5 Å². The molecule has 0 aliphatic carbocycles. The van der Waals surface area contributed by atoms with E-state index in [2.05, 4.69) is 30.3 Å². The minimum Gasteiger partial charge on any atom is -0.268 e. The van der Waals surface area contributed by atoms with Gasteiger partial charge in [0.25, 0.3) is 0 Å². The topological polar surface area (TPSA) is 3.24 Å². The van der Waals surface area contributed by atoms with Crippen LogP contribution in [0.15, 0.2) is 58.3 Å². The van der Waals surface area contributed by atoms with Gasteiger partial charge < -0.3 is 0 Å². The molecule has 2 heteroatoms. The second kappa shape index (κ2) is 3.62. The molecule has 0 atom stereocenters. The quantitative estimate of drug-likeness (QED) is 0.623. The minimum atomic E-state index is 1.09. The fourth-order valence-corrected chi connectivity index (χ4v) is 2.90. The second-order valence-electron chi connectivity index (χ2n) is 3.50. The summed E-state index contributed by atoms with van der Waals surface area (Å²) in [6, 6.07) is 19.1. The van der Waals surface area contributed by atoms with E-state index in [0.717, 1.165) is 11.4 Å². The second-order valence-corrected chi connectivity index (χ2v) is 4.59. The normalized spacial score (nSPS) is 12.6. The van der Waals surface area contributed by atoms with Gasteiger partial charge in [-0.05, 0) is 24.3 Å². The van der Waals surface area contributed by atoms with Crippen molar-refractivity contribution >= 4 is 23.1 Å². The number of para-hydroxylation sites is 2. The maximum atomic E-state index is 5.60. The van der Waals surface area contributed by atoms with Crippen molar-refractivity contribution in [3.63, 3.8) is 0 Å². The van der Waals surface area contributed by atoms with Crippen LogP contribution in [0, 0.1) is 12.5 Å². The number of anilines is 2. The first kappa shape index (κ1) is 9.38. The van der Waals surface area contributed by atoms with Gasteiger partial charge in [0.2, 0.25) is 0 Å². The van der Waals surface area contributed by atoms with Gasteiger partial charge >= 0.3 is 0 Å².